The summed E-state index contributed by atoms with van der Waals surface area (Å²) in [6.45, 7) is 2.06. The predicted molar refractivity (Wildman–Crippen MR) is 179 cm³/mol. The van der Waals surface area contributed by atoms with Crippen molar-refractivity contribution < 1.29 is 44.0 Å². The molecule has 2 aliphatic heterocycles. The number of carboxylic acid groups (broad SMARTS) is 1. The SMILES string of the molecule is CN(CCN(C)C(=O)[C@H](CCCN=C(N)N)NC(=O)CC(=O)O)C(=O)OC1=CC[C@@]2(O)[C@H]3Cc4ccc(O)c5c4[C@@]2(CCN3CC2CC2)[C@H]1O5. The lowest BCUT2D eigenvalue weighted by Crippen LogP contribution is -2.75. The third-order valence-electron chi connectivity index (χ3n) is 10.9. The maximum atomic E-state index is 13.5. The number of carbonyl (C=O) groups is 4. The molecular weight excluding hydrogens is 650 g/mol. The molecule has 3 aliphatic carbocycles. The molecule has 1 saturated carbocycles. The van der Waals surface area contributed by atoms with E-state index < -0.39 is 53.5 Å². The molecule has 0 aromatic heterocycles. The molecule has 2 heterocycles. The van der Waals surface area contributed by atoms with Gasteiger partial charge in [-0.05, 0) is 68.7 Å². The van der Waals surface area contributed by atoms with Crippen LogP contribution in [0.5, 0.6) is 11.5 Å². The fourth-order valence-electron chi connectivity index (χ4n) is 8.26. The number of guanidine groups is 1. The number of aliphatic hydroxyl groups is 1. The van der Waals surface area contributed by atoms with Crippen LogP contribution in [0.2, 0.25) is 0 Å². The minimum absolute atomic E-state index is 0.0158. The number of aliphatic carboxylic acids is 1. The van der Waals surface area contributed by atoms with E-state index >= 15 is 0 Å². The highest BCUT2D eigenvalue weighted by atomic mass is 16.6. The molecule has 16 nitrogen and oxygen atoms in total. The van der Waals surface area contributed by atoms with Crippen molar-refractivity contribution in [3.8, 4) is 11.5 Å². The Hall–Kier alpha value is -4.57. The molecule has 1 spiro atoms. The van der Waals surface area contributed by atoms with Gasteiger partial charge in [0.15, 0.2) is 23.6 Å². The third-order valence-corrected chi connectivity index (χ3v) is 10.9. The van der Waals surface area contributed by atoms with E-state index in [9.17, 15) is 29.4 Å². The molecule has 6 rings (SSSR count). The van der Waals surface area contributed by atoms with E-state index in [0.29, 0.717) is 30.9 Å². The summed E-state index contributed by atoms with van der Waals surface area (Å²) in [6.07, 6.45) is 3.83. The number of nitrogens with two attached hydrogens (primary N) is 2. The Morgan fingerprint density at radius 2 is 1.92 bits per heavy atom. The fourth-order valence-corrected chi connectivity index (χ4v) is 8.26. The van der Waals surface area contributed by atoms with Gasteiger partial charge in [0.1, 0.15) is 18.2 Å². The van der Waals surface area contributed by atoms with E-state index in [4.69, 9.17) is 26.0 Å². The predicted octanol–water partition coefficient (Wildman–Crippen LogP) is -0.01000. The second-order valence-electron chi connectivity index (χ2n) is 14.2. The number of nitrogens with one attached hydrogen (secondary N) is 1. The molecule has 2 fully saturated rings. The number of piperidine rings is 1. The first kappa shape index (κ1) is 35.3. The maximum Gasteiger partial charge on any atom is 0.414 e. The van der Waals surface area contributed by atoms with Gasteiger partial charge in [-0.15, -0.1) is 0 Å². The summed E-state index contributed by atoms with van der Waals surface area (Å²) in [4.78, 5) is 58.9. The summed E-state index contributed by atoms with van der Waals surface area (Å²) in [6, 6.07) is 2.37. The lowest BCUT2D eigenvalue weighted by atomic mass is 9.50. The first-order chi connectivity index (χ1) is 23.7. The number of likely N-dealkylation sites (N-methyl/N-ethyl adjacent to an activating group) is 2. The summed E-state index contributed by atoms with van der Waals surface area (Å²) in [5.41, 5.74) is 10.5. The molecule has 3 amide bonds. The lowest BCUT2D eigenvalue weighted by Gasteiger charge is -2.62. The van der Waals surface area contributed by atoms with Crippen LogP contribution in [-0.2, 0) is 31.0 Å². The molecule has 1 aromatic rings. The third kappa shape index (κ3) is 6.41. The van der Waals surface area contributed by atoms with Crippen molar-refractivity contribution in [3.63, 3.8) is 0 Å². The minimum atomic E-state index is -1.33. The lowest BCUT2D eigenvalue weighted by molar-refractivity contribution is -0.169. The number of hydrogen-bond acceptors (Lipinski definition) is 10. The molecule has 1 saturated heterocycles. The molecule has 16 heteroatoms. The van der Waals surface area contributed by atoms with Crippen LogP contribution in [-0.4, -0.2) is 130 Å². The van der Waals surface area contributed by atoms with Crippen molar-refractivity contribution in [2.45, 2.75) is 80.6 Å². The Morgan fingerprint density at radius 3 is 2.62 bits per heavy atom. The van der Waals surface area contributed by atoms with Gasteiger partial charge >= 0.3 is 12.1 Å². The van der Waals surface area contributed by atoms with E-state index in [-0.39, 0.29) is 56.0 Å². The quantitative estimate of drug-likeness (QED) is 0.0652. The average molecular weight is 698 g/mol. The van der Waals surface area contributed by atoms with Crippen LogP contribution < -0.4 is 21.5 Å². The van der Waals surface area contributed by atoms with Gasteiger partial charge in [0.05, 0.1) is 11.0 Å². The number of carbonyl (C=O) groups excluding carboxylic acids is 3. The molecule has 50 heavy (non-hydrogen) atoms. The number of aromatic hydroxyl groups is 1. The number of hydrogen-bond donors (Lipinski definition) is 6. The first-order valence-corrected chi connectivity index (χ1v) is 17.2. The Morgan fingerprint density at radius 1 is 1.18 bits per heavy atom. The van der Waals surface area contributed by atoms with E-state index in [1.165, 1.54) is 36.7 Å². The number of aliphatic imine (C=N–C) groups is 1. The number of nitrogens with zero attached hydrogens (tertiary/aromatic N) is 4. The number of benzene rings is 1. The Bertz CT molecular complexity index is 1610. The summed E-state index contributed by atoms with van der Waals surface area (Å²) in [7, 11) is 3.04. The standard InChI is InChI=1S/C34H47N7O9/c1-39(30(46)21(4-3-12-37-31(35)36)38-25(43)17-26(44)45)14-15-40(2)32(47)49-23-9-10-34(48)24-16-20-7-8-22(42)28-27(20)33(34,29(23)50-28)11-13-41(24)18-19-5-6-19/h7-9,19,21,24,29,42,48H,3-6,10-18H2,1-2H3,(H,38,43)(H,44,45)(H4,35,36,37)/t21-,24+,29-,33-,34+/m0/s1. The first-order valence-electron chi connectivity index (χ1n) is 17.2. The van der Waals surface area contributed by atoms with E-state index in [1.807, 2.05) is 6.07 Å². The maximum absolute atomic E-state index is 13.5. The molecule has 8 N–H and O–H groups in total. The zero-order chi connectivity index (χ0) is 36.0. The monoisotopic (exact) mass is 697 g/mol. The van der Waals surface area contributed by atoms with Gasteiger partial charge in [0.2, 0.25) is 11.8 Å². The number of phenolic OH excluding ortho intramolecular Hbond substituents is 1. The highest BCUT2D eigenvalue weighted by molar-refractivity contribution is 5.96. The smallest absolute Gasteiger partial charge is 0.414 e. The van der Waals surface area contributed by atoms with Gasteiger partial charge in [-0.2, -0.15) is 0 Å². The topological polar surface area (TPSA) is 234 Å². The van der Waals surface area contributed by atoms with Crippen LogP contribution in [0.1, 0.15) is 56.1 Å². The molecule has 0 radical (unpaired) electrons. The van der Waals surface area contributed by atoms with Gasteiger partial charge in [-0.25, -0.2) is 4.79 Å². The number of carboxylic acids is 1. The zero-order valence-corrected chi connectivity index (χ0v) is 28.5. The molecule has 272 valence electrons. The number of rotatable bonds is 14. The Labute approximate surface area is 290 Å². The normalized spacial score (nSPS) is 26.4. The minimum Gasteiger partial charge on any atom is -0.504 e. The Kier molecular flexibility index (Phi) is 9.61. The molecule has 5 aliphatic rings. The summed E-state index contributed by atoms with van der Waals surface area (Å²) in [5.74, 6) is -1.48. The van der Waals surface area contributed by atoms with Crippen molar-refractivity contribution in [3.05, 3.63) is 35.1 Å². The highest BCUT2D eigenvalue weighted by Crippen LogP contribution is 2.65. The van der Waals surface area contributed by atoms with E-state index in [1.54, 1.807) is 12.1 Å². The van der Waals surface area contributed by atoms with Gasteiger partial charge in [-0.3, -0.25) is 24.3 Å². The van der Waals surface area contributed by atoms with Crippen molar-refractivity contribution in [1.82, 2.24) is 20.0 Å². The van der Waals surface area contributed by atoms with Gasteiger partial charge in [0.25, 0.3) is 0 Å². The molecule has 0 unspecified atom stereocenters. The van der Waals surface area contributed by atoms with Crippen LogP contribution in [0, 0.1) is 5.92 Å². The number of phenols is 1. The zero-order valence-electron chi connectivity index (χ0n) is 28.5. The summed E-state index contributed by atoms with van der Waals surface area (Å²) < 4.78 is 12.4. The second-order valence-corrected chi connectivity index (χ2v) is 14.2. The highest BCUT2D eigenvalue weighted by Gasteiger charge is 2.72. The molecular formula is C34H47N7O9. The van der Waals surface area contributed by atoms with Crippen LogP contribution >= 0.6 is 0 Å². The van der Waals surface area contributed by atoms with Gasteiger partial charge in [0, 0.05) is 58.3 Å². The van der Waals surface area contributed by atoms with Gasteiger partial charge in [-0.1, -0.05) is 6.07 Å². The second kappa shape index (κ2) is 13.6. The number of likely N-dealkylation sites (tertiary alicyclic amines) is 1. The number of ether oxygens (including phenoxy) is 2. The summed E-state index contributed by atoms with van der Waals surface area (Å²) >= 11 is 0. The van der Waals surface area contributed by atoms with Crippen molar-refractivity contribution in [2.75, 3.05) is 46.8 Å². The van der Waals surface area contributed by atoms with Gasteiger partial charge < -0.3 is 51.4 Å². The largest absolute Gasteiger partial charge is 0.504 e. The summed E-state index contributed by atoms with van der Waals surface area (Å²) in [5, 5.41) is 34.9. The molecule has 5 atom stereocenters. The van der Waals surface area contributed by atoms with Crippen molar-refractivity contribution in [1.29, 1.82) is 0 Å². The van der Waals surface area contributed by atoms with Crippen LogP contribution in [0.25, 0.3) is 0 Å². The van der Waals surface area contributed by atoms with Crippen LogP contribution in [0.4, 0.5) is 4.79 Å². The van der Waals surface area contributed by atoms with Crippen LogP contribution in [0.3, 0.4) is 0 Å². The molecule has 1 aromatic carbocycles. The van der Waals surface area contributed by atoms with Crippen molar-refractivity contribution in [2.24, 2.45) is 22.4 Å². The average Bonchev–Trinajstić information content (AvgIpc) is 3.80. The fraction of sp³-hybridized carbons (Fsp3) is 0.618. The molecule has 2 bridgehead atoms. The van der Waals surface area contributed by atoms with E-state index in [0.717, 1.165) is 24.2 Å². The van der Waals surface area contributed by atoms with Crippen LogP contribution in [0.15, 0.2) is 29.0 Å². The van der Waals surface area contributed by atoms with E-state index in [2.05, 4.69) is 15.2 Å². The Balaban J connectivity index is 1.12. The van der Waals surface area contributed by atoms with Crippen molar-refractivity contribution >= 4 is 29.8 Å². The number of amides is 3.